The van der Waals surface area contributed by atoms with Crippen LogP contribution in [0.25, 0.3) is 11.0 Å². The first-order valence-electron chi connectivity index (χ1n) is 7.50. The number of rotatable bonds is 7. The van der Waals surface area contributed by atoms with E-state index in [1.807, 2.05) is 0 Å². The number of benzene rings is 1. The third-order valence-electron chi connectivity index (χ3n) is 3.46. The van der Waals surface area contributed by atoms with E-state index in [-0.39, 0.29) is 47.4 Å². The van der Waals surface area contributed by atoms with Crippen LogP contribution in [0.4, 0.5) is 17.6 Å². The number of aromatic amines is 1. The number of pyridine rings is 1. The molecule has 0 amide bonds. The predicted molar refractivity (Wildman–Crippen MR) is 89.7 cm³/mol. The van der Waals surface area contributed by atoms with Crippen LogP contribution in [0.2, 0.25) is 0 Å². The largest absolute Gasteiger partial charge is 1.00 e. The van der Waals surface area contributed by atoms with Gasteiger partial charge in [-0.15, -0.1) is 0 Å². The van der Waals surface area contributed by atoms with Crippen molar-refractivity contribution in [2.75, 3.05) is 7.11 Å². The van der Waals surface area contributed by atoms with Gasteiger partial charge in [-0.3, -0.25) is 9.19 Å². The molecule has 3 aromatic rings. The van der Waals surface area contributed by atoms with E-state index in [4.69, 9.17) is 4.74 Å². The molecule has 0 saturated heterocycles. The van der Waals surface area contributed by atoms with E-state index in [1.54, 1.807) is 12.1 Å². The van der Waals surface area contributed by atoms with E-state index < -0.39 is 29.1 Å². The monoisotopic (exact) mass is 427 g/mol. The van der Waals surface area contributed by atoms with Crippen LogP contribution in [0.5, 0.6) is 11.5 Å². The smallest absolute Gasteiger partial charge is 1.00 e. The second kappa shape index (κ2) is 9.21. The molecule has 0 spiro atoms. The van der Waals surface area contributed by atoms with Crippen molar-refractivity contribution in [3.8, 4) is 11.5 Å². The quantitative estimate of drug-likeness (QED) is 0.442. The first-order valence-corrected chi connectivity index (χ1v) is 8.82. The molecule has 146 valence electrons. The van der Waals surface area contributed by atoms with Gasteiger partial charge in [-0.25, -0.2) is 4.98 Å². The molecule has 3 rings (SSSR count). The van der Waals surface area contributed by atoms with Gasteiger partial charge in [0.25, 0.3) is 0 Å². The maximum Gasteiger partial charge on any atom is 1.00 e. The Morgan fingerprint density at radius 1 is 1.25 bits per heavy atom. The van der Waals surface area contributed by atoms with Crippen LogP contribution in [0.1, 0.15) is 7.12 Å². The van der Waals surface area contributed by atoms with Gasteiger partial charge < -0.3 is 15.9 Å². The molecule has 0 aliphatic heterocycles. The molecule has 1 aromatic carbocycles. The van der Waals surface area contributed by atoms with Gasteiger partial charge in [-0.1, -0.05) is 0 Å². The SMILES string of the molecule is COc1ccnc(CS(=O)c2nc3ccc(OC(F)(F)C(F)F)cc3[nH]2)c1.[H-].[Na+]. The van der Waals surface area contributed by atoms with Gasteiger partial charge in [0.2, 0.25) is 0 Å². The average molecular weight is 427 g/mol. The number of methoxy groups -OCH3 is 1. The second-order valence-electron chi connectivity index (χ2n) is 5.36. The zero-order valence-electron chi connectivity index (χ0n) is 15.8. The van der Waals surface area contributed by atoms with Crippen molar-refractivity contribution in [1.29, 1.82) is 0 Å². The van der Waals surface area contributed by atoms with Crippen molar-refractivity contribution in [2.24, 2.45) is 0 Å². The number of aromatic nitrogens is 3. The van der Waals surface area contributed by atoms with Crippen LogP contribution in [-0.4, -0.2) is 38.8 Å². The van der Waals surface area contributed by atoms with Crippen molar-refractivity contribution in [1.82, 2.24) is 15.0 Å². The van der Waals surface area contributed by atoms with Crippen molar-refractivity contribution in [2.45, 2.75) is 23.4 Å². The minimum Gasteiger partial charge on any atom is -1.00 e. The van der Waals surface area contributed by atoms with Crippen LogP contribution in [-0.2, 0) is 16.6 Å². The molecule has 2 aromatic heterocycles. The molecule has 1 N–H and O–H groups in total. The molecule has 1 unspecified atom stereocenters. The maximum absolute atomic E-state index is 13.0. The van der Waals surface area contributed by atoms with E-state index in [2.05, 4.69) is 19.7 Å². The fourth-order valence-electron chi connectivity index (χ4n) is 2.20. The molecular formula is C16H14F4N3NaO3S. The van der Waals surface area contributed by atoms with Gasteiger partial charge in [0.1, 0.15) is 11.5 Å². The summed E-state index contributed by atoms with van der Waals surface area (Å²) in [5.41, 5.74) is 1.05. The third kappa shape index (κ3) is 5.22. The van der Waals surface area contributed by atoms with Crippen molar-refractivity contribution in [3.63, 3.8) is 0 Å². The summed E-state index contributed by atoms with van der Waals surface area (Å²) in [6, 6.07) is 6.73. The summed E-state index contributed by atoms with van der Waals surface area (Å²) in [7, 11) is -0.111. The summed E-state index contributed by atoms with van der Waals surface area (Å²) < 4.78 is 72.1. The second-order valence-corrected chi connectivity index (χ2v) is 6.73. The van der Waals surface area contributed by atoms with Crippen molar-refractivity contribution < 1.29 is 62.2 Å². The maximum atomic E-state index is 13.0. The average Bonchev–Trinajstić information content (AvgIpc) is 3.05. The number of alkyl halides is 4. The minimum absolute atomic E-state index is 0. The number of halogens is 4. The number of fused-ring (bicyclic) bond motifs is 1. The molecule has 2 heterocycles. The van der Waals surface area contributed by atoms with Crippen LogP contribution in [0, 0.1) is 0 Å². The molecule has 0 saturated carbocycles. The Bertz CT molecular complexity index is 993. The van der Waals surface area contributed by atoms with Gasteiger partial charge in [0.05, 0.1) is 40.4 Å². The molecular weight excluding hydrogens is 413 g/mol. The molecule has 0 radical (unpaired) electrons. The number of nitrogens with zero attached hydrogens (tertiary/aromatic N) is 2. The topological polar surface area (TPSA) is 77.1 Å². The molecule has 28 heavy (non-hydrogen) atoms. The predicted octanol–water partition coefficient (Wildman–Crippen LogP) is 0.627. The molecule has 0 aliphatic carbocycles. The Balaban J connectivity index is 0.00000210. The van der Waals surface area contributed by atoms with Gasteiger partial charge in [-0.2, -0.15) is 17.6 Å². The third-order valence-corrected chi connectivity index (χ3v) is 4.64. The Morgan fingerprint density at radius 2 is 2.00 bits per heavy atom. The Kier molecular flexibility index (Phi) is 7.43. The van der Waals surface area contributed by atoms with E-state index in [9.17, 15) is 21.8 Å². The summed E-state index contributed by atoms with van der Waals surface area (Å²) in [4.78, 5) is 10.9. The molecule has 1 atom stereocenters. The number of nitrogens with one attached hydrogen (secondary N) is 1. The number of hydrogen-bond acceptors (Lipinski definition) is 5. The first kappa shape index (κ1) is 22.6. The molecule has 0 aliphatic rings. The van der Waals surface area contributed by atoms with E-state index in [0.29, 0.717) is 17.0 Å². The van der Waals surface area contributed by atoms with Gasteiger partial charge in [0.15, 0.2) is 5.16 Å². The van der Waals surface area contributed by atoms with Crippen LogP contribution >= 0.6 is 0 Å². The fourth-order valence-corrected chi connectivity index (χ4v) is 3.19. The van der Waals surface area contributed by atoms with E-state index in [0.717, 1.165) is 12.1 Å². The minimum atomic E-state index is -4.61. The molecule has 0 bridgehead atoms. The van der Waals surface area contributed by atoms with Crippen LogP contribution < -0.4 is 39.0 Å². The fraction of sp³-hybridized carbons (Fsp3) is 0.250. The van der Waals surface area contributed by atoms with Gasteiger partial charge in [-0.05, 0) is 18.2 Å². The first-order chi connectivity index (χ1) is 12.8. The summed E-state index contributed by atoms with van der Waals surface area (Å²) in [5.74, 6) is 0.135. The standard InChI is InChI=1S/C16H13F4N3O3S.Na.H/c1-25-10-4-5-21-9(6-10)8-27(24)15-22-12-3-2-11(7-13(12)23-15)26-16(19,20)14(17)18;;/h2-7,14H,8H2,1H3,(H,22,23);;/q;+1;-1. The van der Waals surface area contributed by atoms with E-state index >= 15 is 0 Å². The van der Waals surface area contributed by atoms with Crippen LogP contribution in [0.3, 0.4) is 0 Å². The number of H-pyrrole nitrogens is 1. The number of hydrogen-bond donors (Lipinski definition) is 1. The number of imidazole rings is 1. The molecule has 0 fully saturated rings. The molecule has 12 heteroatoms. The molecule has 6 nitrogen and oxygen atoms in total. The Labute approximate surface area is 182 Å². The number of ether oxygens (including phenoxy) is 2. The summed E-state index contributed by atoms with van der Waals surface area (Å²) in [6.45, 7) is 0. The Morgan fingerprint density at radius 3 is 2.68 bits per heavy atom. The summed E-state index contributed by atoms with van der Waals surface area (Å²) in [6.07, 6.45) is -7.07. The normalized spacial score (nSPS) is 12.6. The van der Waals surface area contributed by atoms with Gasteiger partial charge in [0, 0.05) is 18.3 Å². The van der Waals surface area contributed by atoms with Crippen molar-refractivity contribution in [3.05, 3.63) is 42.2 Å². The zero-order valence-corrected chi connectivity index (χ0v) is 17.6. The Hall–Kier alpha value is -1.69. The van der Waals surface area contributed by atoms with Gasteiger partial charge >= 0.3 is 42.1 Å². The van der Waals surface area contributed by atoms with Crippen LogP contribution in [0.15, 0.2) is 41.7 Å². The zero-order chi connectivity index (χ0) is 19.6. The summed E-state index contributed by atoms with van der Waals surface area (Å²) >= 11 is 0. The van der Waals surface area contributed by atoms with E-state index in [1.165, 1.54) is 19.4 Å². The van der Waals surface area contributed by atoms with Crippen molar-refractivity contribution >= 4 is 21.8 Å². The summed E-state index contributed by atoms with van der Waals surface area (Å²) in [5, 5.41) is 0.0902.